The second-order valence-corrected chi connectivity index (χ2v) is 5.80. The summed E-state index contributed by atoms with van der Waals surface area (Å²) < 4.78 is 11.1. The topological polar surface area (TPSA) is 101 Å². The first-order chi connectivity index (χ1) is 11.5. The molecule has 2 atom stereocenters. The Hall–Kier alpha value is -2.83. The molecule has 7 heteroatoms. The molecule has 0 spiro atoms. The van der Waals surface area contributed by atoms with Gasteiger partial charge in [0.2, 0.25) is 5.88 Å². The monoisotopic (exact) mass is 330 g/mol. The number of fused-ring (bicyclic) bond motifs is 1. The first kappa shape index (κ1) is 16.0. The molecular weight excluding hydrogens is 312 g/mol. The van der Waals surface area contributed by atoms with Gasteiger partial charge in [-0.15, -0.1) is 0 Å². The summed E-state index contributed by atoms with van der Waals surface area (Å²) in [6, 6.07) is 9.20. The number of carbonyl (C=O) groups excluding carboxylic acids is 1. The van der Waals surface area contributed by atoms with E-state index in [2.05, 4.69) is 9.97 Å². The Bertz CT molecular complexity index is 871. The van der Waals surface area contributed by atoms with Crippen LogP contribution in [-0.2, 0) is 21.6 Å². The van der Waals surface area contributed by atoms with E-state index in [1.165, 1.54) is 0 Å². The molecule has 2 N–H and O–H groups in total. The molecule has 2 aromatic rings. The van der Waals surface area contributed by atoms with Crippen LogP contribution in [0.1, 0.15) is 25.0 Å². The van der Waals surface area contributed by atoms with E-state index in [1.54, 1.807) is 13.8 Å². The number of hydrogen-bond donors (Lipinski definition) is 2. The quantitative estimate of drug-likeness (QED) is 0.821. The van der Waals surface area contributed by atoms with E-state index in [-0.39, 0.29) is 24.5 Å². The van der Waals surface area contributed by atoms with Crippen LogP contribution in [0.25, 0.3) is 0 Å². The number of benzene rings is 1. The van der Waals surface area contributed by atoms with Gasteiger partial charge in [-0.05, 0) is 19.4 Å². The summed E-state index contributed by atoms with van der Waals surface area (Å²) in [6.45, 7) is 3.71. The lowest BCUT2D eigenvalue weighted by atomic mass is 9.77. The van der Waals surface area contributed by atoms with Gasteiger partial charge in [-0.2, -0.15) is 0 Å². The molecule has 0 unspecified atom stereocenters. The first-order valence-electron chi connectivity index (χ1n) is 7.72. The summed E-state index contributed by atoms with van der Waals surface area (Å²) in [5, 5.41) is 0. The molecule has 1 aromatic carbocycles. The number of ether oxygens (including phenoxy) is 2. The molecule has 126 valence electrons. The van der Waals surface area contributed by atoms with Gasteiger partial charge in [0.05, 0.1) is 12.2 Å². The van der Waals surface area contributed by atoms with Gasteiger partial charge in [0, 0.05) is 6.42 Å². The molecule has 1 aliphatic rings. The van der Waals surface area contributed by atoms with E-state index < -0.39 is 28.7 Å². The Morgan fingerprint density at radius 3 is 2.67 bits per heavy atom. The van der Waals surface area contributed by atoms with Crippen LogP contribution >= 0.6 is 0 Å². The summed E-state index contributed by atoms with van der Waals surface area (Å²) in [5.41, 5.74) is -1.27. The van der Waals surface area contributed by atoms with E-state index in [1.807, 2.05) is 30.3 Å². The van der Waals surface area contributed by atoms with Crippen LogP contribution in [0.4, 0.5) is 0 Å². The number of rotatable bonds is 3. The average Bonchev–Trinajstić information content (AvgIpc) is 2.55. The molecule has 0 bridgehead atoms. The molecule has 3 rings (SSSR count). The van der Waals surface area contributed by atoms with E-state index in [0.29, 0.717) is 0 Å². The number of carbonyl (C=O) groups is 1. The molecule has 0 saturated carbocycles. The zero-order valence-electron chi connectivity index (χ0n) is 13.4. The fourth-order valence-corrected chi connectivity index (χ4v) is 3.03. The van der Waals surface area contributed by atoms with Crippen LogP contribution in [0.2, 0.25) is 0 Å². The van der Waals surface area contributed by atoms with Crippen molar-refractivity contribution in [3.63, 3.8) is 0 Å². The molecule has 1 aromatic heterocycles. The maximum atomic E-state index is 12.5. The van der Waals surface area contributed by atoms with Crippen molar-refractivity contribution >= 4 is 5.97 Å². The first-order valence-corrected chi connectivity index (χ1v) is 7.72. The lowest BCUT2D eigenvalue weighted by Crippen LogP contribution is -2.49. The predicted octanol–water partition coefficient (Wildman–Crippen LogP) is 1.09. The Balaban J connectivity index is 2.16. The highest BCUT2D eigenvalue weighted by Gasteiger charge is 2.48. The highest BCUT2D eigenvalue weighted by atomic mass is 16.5. The van der Waals surface area contributed by atoms with Crippen molar-refractivity contribution in [2.24, 2.45) is 5.92 Å². The maximum Gasteiger partial charge on any atom is 0.328 e. The largest absolute Gasteiger partial charge is 0.466 e. The molecule has 0 fully saturated rings. The van der Waals surface area contributed by atoms with Crippen LogP contribution in [-0.4, -0.2) is 22.5 Å². The van der Waals surface area contributed by atoms with Gasteiger partial charge in [0.15, 0.2) is 0 Å². The van der Waals surface area contributed by atoms with Gasteiger partial charge < -0.3 is 9.47 Å². The van der Waals surface area contributed by atoms with Gasteiger partial charge in [0.1, 0.15) is 11.5 Å². The third-order valence-electron chi connectivity index (χ3n) is 4.31. The summed E-state index contributed by atoms with van der Waals surface area (Å²) in [4.78, 5) is 40.7. The molecule has 24 heavy (non-hydrogen) atoms. The van der Waals surface area contributed by atoms with E-state index in [0.717, 1.165) is 5.56 Å². The van der Waals surface area contributed by atoms with Crippen molar-refractivity contribution in [1.82, 2.24) is 9.97 Å². The van der Waals surface area contributed by atoms with Crippen molar-refractivity contribution in [2.75, 3.05) is 6.61 Å². The third kappa shape index (κ3) is 2.62. The normalized spacial score (nSPS) is 22.3. The lowest BCUT2D eigenvalue weighted by Gasteiger charge is -2.40. The highest BCUT2D eigenvalue weighted by Crippen LogP contribution is 2.41. The molecule has 0 amide bonds. The fraction of sp³-hybridized carbons (Fsp3) is 0.353. The number of aromatic nitrogens is 2. The zero-order chi connectivity index (χ0) is 17.3. The van der Waals surface area contributed by atoms with E-state index in [4.69, 9.17) is 9.47 Å². The van der Waals surface area contributed by atoms with Crippen LogP contribution in [0.5, 0.6) is 5.88 Å². The molecule has 0 saturated heterocycles. The van der Waals surface area contributed by atoms with Crippen LogP contribution in [0, 0.1) is 5.92 Å². The van der Waals surface area contributed by atoms with Crippen LogP contribution < -0.4 is 16.0 Å². The Kier molecular flexibility index (Phi) is 4.01. The molecular formula is C17H18N2O5. The maximum absolute atomic E-state index is 12.5. The van der Waals surface area contributed by atoms with E-state index in [9.17, 15) is 14.4 Å². The van der Waals surface area contributed by atoms with Gasteiger partial charge >= 0.3 is 11.7 Å². The highest BCUT2D eigenvalue weighted by molar-refractivity contribution is 5.75. The Morgan fingerprint density at radius 2 is 2.00 bits per heavy atom. The smallest absolute Gasteiger partial charge is 0.328 e. The third-order valence-corrected chi connectivity index (χ3v) is 4.31. The SMILES string of the molecule is CCOC(=O)[C@@H]1Cc2c([nH]c(=O)[nH]c2=O)O[C@]1(C)c1ccccc1. The molecule has 1 aliphatic heterocycles. The summed E-state index contributed by atoms with van der Waals surface area (Å²) in [7, 11) is 0. The van der Waals surface area contributed by atoms with Crippen molar-refractivity contribution in [3.05, 3.63) is 62.3 Å². The average molecular weight is 330 g/mol. The van der Waals surface area contributed by atoms with Crippen LogP contribution in [0.3, 0.4) is 0 Å². The molecule has 2 heterocycles. The van der Waals surface area contributed by atoms with Gasteiger partial charge in [-0.3, -0.25) is 19.6 Å². The summed E-state index contributed by atoms with van der Waals surface area (Å²) in [6.07, 6.45) is 0.117. The number of aromatic amines is 2. The van der Waals surface area contributed by atoms with Crippen molar-refractivity contribution < 1.29 is 14.3 Å². The standard InChI is InChI=1S/C17H18N2O5/c1-3-23-15(21)12-9-11-13(20)18-16(22)19-14(11)24-17(12,2)10-7-5-4-6-8-10/h4-8,12H,3,9H2,1-2H3,(H2,18,19,20,22)/t12-,17+/m0/s1. The Morgan fingerprint density at radius 1 is 1.29 bits per heavy atom. The fourth-order valence-electron chi connectivity index (χ4n) is 3.03. The molecule has 0 radical (unpaired) electrons. The van der Waals surface area contributed by atoms with E-state index >= 15 is 0 Å². The second-order valence-electron chi connectivity index (χ2n) is 5.80. The number of H-pyrrole nitrogens is 2. The van der Waals surface area contributed by atoms with Crippen molar-refractivity contribution in [1.29, 1.82) is 0 Å². The number of nitrogens with one attached hydrogen (secondary N) is 2. The number of esters is 1. The predicted molar refractivity (Wildman–Crippen MR) is 85.9 cm³/mol. The van der Waals surface area contributed by atoms with Crippen molar-refractivity contribution in [3.8, 4) is 5.88 Å². The summed E-state index contributed by atoms with van der Waals surface area (Å²) in [5.74, 6) is -1.06. The van der Waals surface area contributed by atoms with Crippen LogP contribution in [0.15, 0.2) is 39.9 Å². The van der Waals surface area contributed by atoms with Crippen molar-refractivity contribution in [2.45, 2.75) is 25.9 Å². The molecule has 7 nitrogen and oxygen atoms in total. The lowest BCUT2D eigenvalue weighted by molar-refractivity contribution is -0.158. The van der Waals surface area contributed by atoms with Gasteiger partial charge in [-0.25, -0.2) is 4.79 Å². The minimum absolute atomic E-state index is 0.0932. The minimum atomic E-state index is -1.06. The Labute approximate surface area is 137 Å². The number of hydrogen-bond acceptors (Lipinski definition) is 5. The molecule has 0 aliphatic carbocycles. The summed E-state index contributed by atoms with van der Waals surface area (Å²) >= 11 is 0. The van der Waals surface area contributed by atoms with Gasteiger partial charge in [0.25, 0.3) is 5.56 Å². The zero-order valence-corrected chi connectivity index (χ0v) is 13.4. The minimum Gasteiger partial charge on any atom is -0.466 e. The van der Waals surface area contributed by atoms with Gasteiger partial charge in [-0.1, -0.05) is 30.3 Å². The second kappa shape index (κ2) is 5.99.